The van der Waals surface area contributed by atoms with E-state index in [1.54, 1.807) is 0 Å². The standard InChI is InChI=1S/C12H24BrN/c1-4-12(5-2,9-13)10-14(3)8-11-6-7-11/h11H,4-10H2,1-3H3. The van der Waals surface area contributed by atoms with Crippen LogP contribution in [0.15, 0.2) is 0 Å². The Labute approximate surface area is 97.4 Å². The summed E-state index contributed by atoms with van der Waals surface area (Å²) < 4.78 is 0. The minimum Gasteiger partial charge on any atom is -0.306 e. The van der Waals surface area contributed by atoms with Gasteiger partial charge in [0, 0.05) is 18.4 Å². The second-order valence-corrected chi connectivity index (χ2v) is 5.54. The van der Waals surface area contributed by atoms with Gasteiger partial charge in [-0.2, -0.15) is 0 Å². The van der Waals surface area contributed by atoms with E-state index in [4.69, 9.17) is 0 Å². The summed E-state index contributed by atoms with van der Waals surface area (Å²) in [6.07, 6.45) is 5.49. The number of rotatable bonds is 7. The molecule has 0 atom stereocenters. The van der Waals surface area contributed by atoms with Gasteiger partial charge in [0.15, 0.2) is 0 Å². The molecule has 1 nitrogen and oxygen atoms in total. The molecular weight excluding hydrogens is 238 g/mol. The highest BCUT2D eigenvalue weighted by Crippen LogP contribution is 2.33. The first kappa shape index (κ1) is 12.5. The van der Waals surface area contributed by atoms with E-state index < -0.39 is 0 Å². The van der Waals surface area contributed by atoms with Gasteiger partial charge in [-0.15, -0.1) is 0 Å². The van der Waals surface area contributed by atoms with Crippen molar-refractivity contribution >= 4 is 15.9 Å². The van der Waals surface area contributed by atoms with Crippen molar-refractivity contribution in [2.45, 2.75) is 39.5 Å². The van der Waals surface area contributed by atoms with Crippen LogP contribution in [-0.2, 0) is 0 Å². The van der Waals surface area contributed by atoms with Crippen molar-refractivity contribution in [1.82, 2.24) is 4.90 Å². The molecule has 0 spiro atoms. The first-order valence-electron chi connectivity index (χ1n) is 5.90. The Bertz CT molecular complexity index is 153. The smallest absolute Gasteiger partial charge is 0.01000 e. The number of alkyl halides is 1. The molecule has 0 saturated heterocycles. The van der Waals surface area contributed by atoms with Crippen molar-refractivity contribution in [3.05, 3.63) is 0 Å². The van der Waals surface area contributed by atoms with Gasteiger partial charge < -0.3 is 4.90 Å². The van der Waals surface area contributed by atoms with Gasteiger partial charge in [-0.25, -0.2) is 0 Å². The van der Waals surface area contributed by atoms with Crippen LogP contribution in [0.2, 0.25) is 0 Å². The lowest BCUT2D eigenvalue weighted by molar-refractivity contribution is 0.180. The van der Waals surface area contributed by atoms with Gasteiger partial charge in [0.2, 0.25) is 0 Å². The van der Waals surface area contributed by atoms with Gasteiger partial charge in [-0.05, 0) is 44.1 Å². The second-order valence-electron chi connectivity index (χ2n) is 4.98. The molecule has 2 heteroatoms. The summed E-state index contributed by atoms with van der Waals surface area (Å²) >= 11 is 3.68. The second kappa shape index (κ2) is 5.50. The van der Waals surface area contributed by atoms with E-state index in [1.165, 1.54) is 38.8 Å². The number of nitrogens with zero attached hydrogens (tertiary/aromatic N) is 1. The van der Waals surface area contributed by atoms with Gasteiger partial charge in [0.25, 0.3) is 0 Å². The molecule has 0 aromatic heterocycles. The van der Waals surface area contributed by atoms with Crippen LogP contribution in [0.5, 0.6) is 0 Å². The summed E-state index contributed by atoms with van der Waals surface area (Å²) in [4.78, 5) is 2.53. The van der Waals surface area contributed by atoms with Gasteiger partial charge in [0.05, 0.1) is 0 Å². The lowest BCUT2D eigenvalue weighted by Gasteiger charge is -2.34. The molecule has 0 N–H and O–H groups in total. The first-order chi connectivity index (χ1) is 6.65. The molecule has 0 heterocycles. The van der Waals surface area contributed by atoms with E-state index in [9.17, 15) is 0 Å². The minimum absolute atomic E-state index is 0.504. The summed E-state index contributed by atoms with van der Waals surface area (Å²) in [5, 5.41) is 1.14. The van der Waals surface area contributed by atoms with Gasteiger partial charge in [-0.3, -0.25) is 0 Å². The van der Waals surface area contributed by atoms with Crippen LogP contribution in [0.4, 0.5) is 0 Å². The topological polar surface area (TPSA) is 3.24 Å². The lowest BCUT2D eigenvalue weighted by Crippen LogP contribution is -2.37. The summed E-state index contributed by atoms with van der Waals surface area (Å²) in [6, 6.07) is 0. The predicted octanol–water partition coefficient (Wildman–Crippen LogP) is 3.53. The molecule has 0 bridgehead atoms. The van der Waals surface area contributed by atoms with Gasteiger partial charge >= 0.3 is 0 Å². The van der Waals surface area contributed by atoms with Crippen LogP contribution in [0.1, 0.15) is 39.5 Å². The normalized spacial score (nSPS) is 17.8. The van der Waals surface area contributed by atoms with Crippen LogP contribution < -0.4 is 0 Å². The highest BCUT2D eigenvalue weighted by molar-refractivity contribution is 9.09. The Balaban J connectivity index is 2.35. The zero-order valence-corrected chi connectivity index (χ0v) is 11.4. The van der Waals surface area contributed by atoms with Crippen LogP contribution in [0, 0.1) is 11.3 Å². The monoisotopic (exact) mass is 261 g/mol. The third-order valence-corrected chi connectivity index (χ3v) is 4.85. The van der Waals surface area contributed by atoms with Crippen molar-refractivity contribution < 1.29 is 0 Å². The van der Waals surface area contributed by atoms with E-state index in [0.29, 0.717) is 5.41 Å². The molecule has 0 amide bonds. The third kappa shape index (κ3) is 3.54. The quantitative estimate of drug-likeness (QED) is 0.634. The molecule has 1 rings (SSSR count). The fraction of sp³-hybridized carbons (Fsp3) is 1.00. The SMILES string of the molecule is CCC(CC)(CBr)CN(C)CC1CC1. The molecule has 0 aromatic rings. The molecule has 1 aliphatic rings. The largest absolute Gasteiger partial charge is 0.306 e. The van der Waals surface area contributed by atoms with Crippen LogP contribution in [0.25, 0.3) is 0 Å². The molecule has 84 valence electrons. The Morgan fingerprint density at radius 1 is 1.29 bits per heavy atom. The Kier molecular flexibility index (Phi) is 4.92. The Morgan fingerprint density at radius 2 is 1.86 bits per heavy atom. The number of halogens is 1. The molecule has 0 unspecified atom stereocenters. The minimum atomic E-state index is 0.504. The zero-order valence-electron chi connectivity index (χ0n) is 9.85. The van der Waals surface area contributed by atoms with E-state index in [-0.39, 0.29) is 0 Å². The van der Waals surface area contributed by atoms with Crippen molar-refractivity contribution in [3.63, 3.8) is 0 Å². The third-order valence-electron chi connectivity index (χ3n) is 3.66. The van der Waals surface area contributed by atoms with Crippen molar-refractivity contribution in [1.29, 1.82) is 0 Å². The Morgan fingerprint density at radius 3 is 2.21 bits per heavy atom. The molecular formula is C12H24BrN. The molecule has 0 aliphatic heterocycles. The maximum atomic E-state index is 3.68. The molecule has 14 heavy (non-hydrogen) atoms. The highest BCUT2D eigenvalue weighted by atomic mass is 79.9. The van der Waals surface area contributed by atoms with Gasteiger partial charge in [-0.1, -0.05) is 29.8 Å². The summed E-state index contributed by atoms with van der Waals surface area (Å²) in [6.45, 7) is 7.20. The highest BCUT2D eigenvalue weighted by Gasteiger charge is 2.29. The summed E-state index contributed by atoms with van der Waals surface area (Å²) in [5.74, 6) is 1.02. The zero-order chi connectivity index (χ0) is 10.6. The van der Waals surface area contributed by atoms with Crippen LogP contribution in [-0.4, -0.2) is 30.4 Å². The molecule has 0 aromatic carbocycles. The summed E-state index contributed by atoms with van der Waals surface area (Å²) in [5.41, 5.74) is 0.504. The number of hydrogen-bond donors (Lipinski definition) is 0. The Hall–Kier alpha value is 0.440. The van der Waals surface area contributed by atoms with Crippen LogP contribution in [0.3, 0.4) is 0 Å². The fourth-order valence-corrected chi connectivity index (χ4v) is 3.05. The lowest BCUT2D eigenvalue weighted by atomic mass is 9.84. The van der Waals surface area contributed by atoms with E-state index in [1.807, 2.05) is 0 Å². The maximum Gasteiger partial charge on any atom is 0.01000 e. The number of hydrogen-bond acceptors (Lipinski definition) is 1. The predicted molar refractivity (Wildman–Crippen MR) is 67.0 cm³/mol. The fourth-order valence-electron chi connectivity index (χ4n) is 2.08. The van der Waals surface area contributed by atoms with Crippen molar-refractivity contribution in [3.8, 4) is 0 Å². The van der Waals surface area contributed by atoms with Crippen molar-refractivity contribution in [2.24, 2.45) is 11.3 Å². The maximum absolute atomic E-state index is 3.68. The van der Waals surface area contributed by atoms with Crippen molar-refractivity contribution in [2.75, 3.05) is 25.5 Å². The first-order valence-corrected chi connectivity index (χ1v) is 7.02. The van der Waals surface area contributed by atoms with E-state index in [0.717, 1.165) is 11.2 Å². The molecule has 1 fully saturated rings. The average molecular weight is 262 g/mol. The molecule has 0 radical (unpaired) electrons. The van der Waals surface area contributed by atoms with Crippen LogP contribution >= 0.6 is 15.9 Å². The average Bonchev–Trinajstić information content (AvgIpc) is 2.98. The summed E-state index contributed by atoms with van der Waals surface area (Å²) in [7, 11) is 2.28. The van der Waals surface area contributed by atoms with Gasteiger partial charge in [0.1, 0.15) is 0 Å². The molecule has 1 aliphatic carbocycles. The van der Waals surface area contributed by atoms with E-state index >= 15 is 0 Å². The van der Waals surface area contributed by atoms with E-state index in [2.05, 4.69) is 41.7 Å². The molecule has 1 saturated carbocycles.